The molecule has 0 unspecified atom stereocenters. The van der Waals surface area contributed by atoms with E-state index < -0.39 is 10.0 Å². The standard InChI is InChI=1S/C16H17ClN2O4S/c1-19(24(2,21)22)14-7-9-15(10-8-14)23-11-16(20)18-13-5-3-12(17)4-6-13/h3-10H,11H2,1-2H3,(H,18,20). The van der Waals surface area contributed by atoms with E-state index in [4.69, 9.17) is 16.3 Å². The molecule has 0 aliphatic heterocycles. The van der Waals surface area contributed by atoms with Crippen molar-refractivity contribution >= 4 is 38.9 Å². The van der Waals surface area contributed by atoms with Gasteiger partial charge in [-0.15, -0.1) is 0 Å². The van der Waals surface area contributed by atoms with Gasteiger partial charge in [-0.3, -0.25) is 9.10 Å². The highest BCUT2D eigenvalue weighted by Crippen LogP contribution is 2.20. The van der Waals surface area contributed by atoms with Gasteiger partial charge in [0.2, 0.25) is 10.0 Å². The Morgan fingerprint density at radius 2 is 1.71 bits per heavy atom. The quantitative estimate of drug-likeness (QED) is 0.850. The molecule has 2 aromatic rings. The fraction of sp³-hybridized carbons (Fsp3) is 0.188. The molecule has 0 spiro atoms. The van der Waals surface area contributed by atoms with Gasteiger partial charge in [0.1, 0.15) is 5.75 Å². The van der Waals surface area contributed by atoms with Crippen LogP contribution in [0.4, 0.5) is 11.4 Å². The Bertz CT molecular complexity index is 805. The van der Waals surface area contributed by atoms with Crippen molar-refractivity contribution in [1.82, 2.24) is 0 Å². The Kier molecular flexibility index (Phi) is 5.69. The third kappa shape index (κ3) is 5.14. The zero-order valence-electron chi connectivity index (χ0n) is 13.2. The first-order chi connectivity index (χ1) is 11.3. The summed E-state index contributed by atoms with van der Waals surface area (Å²) in [4.78, 5) is 11.8. The highest BCUT2D eigenvalue weighted by Gasteiger charge is 2.11. The molecule has 2 aromatic carbocycles. The molecule has 2 rings (SSSR count). The largest absolute Gasteiger partial charge is 0.484 e. The number of hydrogen-bond acceptors (Lipinski definition) is 4. The predicted octanol–water partition coefficient (Wildman–Crippen LogP) is 2.75. The molecule has 128 valence electrons. The van der Waals surface area contributed by atoms with Gasteiger partial charge in [-0.05, 0) is 48.5 Å². The van der Waals surface area contributed by atoms with Gasteiger partial charge in [-0.1, -0.05) is 11.6 Å². The van der Waals surface area contributed by atoms with Crippen LogP contribution in [0.15, 0.2) is 48.5 Å². The van der Waals surface area contributed by atoms with Crippen LogP contribution in [-0.4, -0.2) is 34.2 Å². The second kappa shape index (κ2) is 7.55. The number of nitrogens with zero attached hydrogens (tertiary/aromatic N) is 1. The fourth-order valence-electron chi connectivity index (χ4n) is 1.82. The molecule has 24 heavy (non-hydrogen) atoms. The van der Waals surface area contributed by atoms with Crippen LogP contribution in [0.5, 0.6) is 5.75 Å². The Morgan fingerprint density at radius 3 is 2.25 bits per heavy atom. The Hall–Kier alpha value is -2.25. The predicted molar refractivity (Wildman–Crippen MR) is 95.3 cm³/mol. The van der Waals surface area contributed by atoms with E-state index in [1.54, 1.807) is 48.5 Å². The van der Waals surface area contributed by atoms with Crippen LogP contribution in [0.1, 0.15) is 0 Å². The lowest BCUT2D eigenvalue weighted by molar-refractivity contribution is -0.118. The summed E-state index contributed by atoms with van der Waals surface area (Å²) in [7, 11) is -1.85. The van der Waals surface area contributed by atoms with Gasteiger partial charge in [0.05, 0.1) is 11.9 Å². The molecular formula is C16H17ClN2O4S. The summed E-state index contributed by atoms with van der Waals surface area (Å²) in [6.07, 6.45) is 1.12. The second-order valence-electron chi connectivity index (χ2n) is 5.07. The van der Waals surface area contributed by atoms with Crippen LogP contribution >= 0.6 is 11.6 Å². The van der Waals surface area contributed by atoms with E-state index >= 15 is 0 Å². The topological polar surface area (TPSA) is 75.7 Å². The van der Waals surface area contributed by atoms with Crippen LogP contribution in [-0.2, 0) is 14.8 Å². The van der Waals surface area contributed by atoms with E-state index in [1.807, 2.05) is 0 Å². The van der Waals surface area contributed by atoms with Gasteiger partial charge in [0.15, 0.2) is 6.61 Å². The highest BCUT2D eigenvalue weighted by atomic mass is 35.5. The van der Waals surface area contributed by atoms with Crippen molar-refractivity contribution in [1.29, 1.82) is 0 Å². The molecular weight excluding hydrogens is 352 g/mol. The summed E-state index contributed by atoms with van der Waals surface area (Å²) in [5.41, 5.74) is 1.13. The zero-order valence-corrected chi connectivity index (χ0v) is 14.8. The van der Waals surface area contributed by atoms with Gasteiger partial charge >= 0.3 is 0 Å². The van der Waals surface area contributed by atoms with Crippen molar-refractivity contribution in [3.05, 3.63) is 53.6 Å². The van der Waals surface area contributed by atoms with E-state index in [2.05, 4.69) is 5.32 Å². The Labute approximate surface area is 146 Å². The summed E-state index contributed by atoms with van der Waals surface area (Å²) in [6.45, 7) is -0.163. The third-order valence-corrected chi connectivity index (χ3v) is 4.65. The highest BCUT2D eigenvalue weighted by molar-refractivity contribution is 7.92. The lowest BCUT2D eigenvalue weighted by Crippen LogP contribution is -2.24. The molecule has 6 nitrogen and oxygen atoms in total. The fourth-order valence-corrected chi connectivity index (χ4v) is 2.45. The number of benzene rings is 2. The molecule has 0 aromatic heterocycles. The van der Waals surface area contributed by atoms with Gasteiger partial charge in [0, 0.05) is 17.8 Å². The SMILES string of the molecule is CN(c1ccc(OCC(=O)Nc2ccc(Cl)cc2)cc1)S(C)(=O)=O. The molecule has 0 atom stereocenters. The number of nitrogens with one attached hydrogen (secondary N) is 1. The Morgan fingerprint density at radius 1 is 1.12 bits per heavy atom. The zero-order chi connectivity index (χ0) is 17.7. The normalized spacial score (nSPS) is 11.0. The van der Waals surface area contributed by atoms with Crippen molar-refractivity contribution in [2.45, 2.75) is 0 Å². The minimum Gasteiger partial charge on any atom is -0.484 e. The minimum atomic E-state index is -3.31. The van der Waals surface area contributed by atoms with Crippen LogP contribution in [0.25, 0.3) is 0 Å². The lowest BCUT2D eigenvalue weighted by atomic mass is 10.3. The summed E-state index contributed by atoms with van der Waals surface area (Å²) in [6, 6.07) is 13.1. The van der Waals surface area contributed by atoms with E-state index in [0.717, 1.165) is 10.6 Å². The van der Waals surface area contributed by atoms with E-state index in [1.165, 1.54) is 7.05 Å². The monoisotopic (exact) mass is 368 g/mol. The third-order valence-electron chi connectivity index (χ3n) is 3.20. The van der Waals surface area contributed by atoms with Crippen molar-refractivity contribution in [3.63, 3.8) is 0 Å². The van der Waals surface area contributed by atoms with Crippen LogP contribution in [0.2, 0.25) is 5.02 Å². The molecule has 0 bridgehead atoms. The summed E-state index contributed by atoms with van der Waals surface area (Å²) >= 11 is 5.77. The van der Waals surface area contributed by atoms with Gasteiger partial charge in [-0.25, -0.2) is 8.42 Å². The number of sulfonamides is 1. The second-order valence-corrected chi connectivity index (χ2v) is 7.52. The Balaban J connectivity index is 1.90. The summed E-state index contributed by atoms with van der Waals surface area (Å²) in [5.74, 6) is 0.154. The molecule has 0 saturated carbocycles. The minimum absolute atomic E-state index is 0.163. The summed E-state index contributed by atoms with van der Waals surface area (Å²) in [5, 5.41) is 3.27. The first-order valence-corrected chi connectivity index (χ1v) is 9.20. The maximum absolute atomic E-state index is 11.8. The number of anilines is 2. The lowest BCUT2D eigenvalue weighted by Gasteiger charge is -2.16. The van der Waals surface area contributed by atoms with Crippen molar-refractivity contribution in [3.8, 4) is 5.75 Å². The maximum atomic E-state index is 11.8. The maximum Gasteiger partial charge on any atom is 0.262 e. The number of halogens is 1. The van der Waals surface area contributed by atoms with E-state index in [9.17, 15) is 13.2 Å². The van der Waals surface area contributed by atoms with Gasteiger partial charge in [-0.2, -0.15) is 0 Å². The molecule has 0 radical (unpaired) electrons. The van der Waals surface area contributed by atoms with Gasteiger partial charge in [0.25, 0.3) is 5.91 Å². The van der Waals surface area contributed by atoms with Crippen molar-refractivity contribution < 1.29 is 17.9 Å². The molecule has 1 N–H and O–H groups in total. The van der Waals surface area contributed by atoms with Crippen LogP contribution in [0, 0.1) is 0 Å². The molecule has 0 aliphatic carbocycles. The number of amides is 1. The van der Waals surface area contributed by atoms with Crippen molar-refractivity contribution in [2.75, 3.05) is 29.5 Å². The molecule has 0 fully saturated rings. The molecule has 8 heteroatoms. The van der Waals surface area contributed by atoms with Crippen LogP contribution in [0.3, 0.4) is 0 Å². The van der Waals surface area contributed by atoms with E-state index in [-0.39, 0.29) is 12.5 Å². The number of ether oxygens (including phenoxy) is 1. The molecule has 0 heterocycles. The molecule has 0 saturated heterocycles. The molecule has 0 aliphatic rings. The van der Waals surface area contributed by atoms with Gasteiger partial charge < -0.3 is 10.1 Å². The smallest absolute Gasteiger partial charge is 0.262 e. The van der Waals surface area contributed by atoms with Crippen molar-refractivity contribution in [2.24, 2.45) is 0 Å². The number of carbonyl (C=O) groups is 1. The number of hydrogen-bond donors (Lipinski definition) is 1. The average Bonchev–Trinajstić information content (AvgIpc) is 2.54. The van der Waals surface area contributed by atoms with Crippen LogP contribution < -0.4 is 14.4 Å². The number of rotatable bonds is 6. The van der Waals surface area contributed by atoms with E-state index in [0.29, 0.717) is 22.1 Å². The first-order valence-electron chi connectivity index (χ1n) is 6.98. The molecule has 1 amide bonds. The summed E-state index contributed by atoms with van der Waals surface area (Å²) < 4.78 is 29.5. The first kappa shape index (κ1) is 18.1. The number of carbonyl (C=O) groups excluding carboxylic acids is 1. The average molecular weight is 369 g/mol.